The molecule has 0 aromatic heterocycles. The number of Topliss-reactive ketones (excluding diaryl/α,β-unsaturated/α-hetero) is 1. The van der Waals surface area contributed by atoms with Crippen molar-refractivity contribution >= 4 is 41.6 Å². The molecule has 1 aliphatic rings. The lowest BCUT2D eigenvalue weighted by Gasteiger charge is -2.14. The summed E-state index contributed by atoms with van der Waals surface area (Å²) in [6.07, 6.45) is 0.156. The van der Waals surface area contributed by atoms with Gasteiger partial charge in [0.1, 0.15) is 5.78 Å². The Hall–Kier alpha value is -3.43. The molecule has 10 heteroatoms. The van der Waals surface area contributed by atoms with Crippen molar-refractivity contribution in [3.63, 3.8) is 0 Å². The van der Waals surface area contributed by atoms with Crippen LogP contribution < -0.4 is 14.8 Å². The van der Waals surface area contributed by atoms with Crippen LogP contribution in [0.5, 0.6) is 11.5 Å². The van der Waals surface area contributed by atoms with E-state index in [1.807, 2.05) is 6.92 Å². The smallest absolute Gasteiger partial charge is 0.263 e. The van der Waals surface area contributed by atoms with Gasteiger partial charge in [-0.2, -0.15) is 0 Å². The molecule has 3 rings (SSSR count). The number of ether oxygens (including phenoxy) is 2. The largest absolute Gasteiger partial charge is 0.493 e. The van der Waals surface area contributed by atoms with Gasteiger partial charge >= 0.3 is 0 Å². The zero-order valence-electron chi connectivity index (χ0n) is 20.3. The first kappa shape index (κ1) is 27.8. The molecule has 0 aliphatic carbocycles. The molecule has 0 unspecified atom stereocenters. The number of benzene rings is 2. The van der Waals surface area contributed by atoms with Crippen molar-refractivity contribution in [1.29, 1.82) is 0 Å². The van der Waals surface area contributed by atoms with Gasteiger partial charge in [0, 0.05) is 19.4 Å². The van der Waals surface area contributed by atoms with Gasteiger partial charge in [0.25, 0.3) is 11.8 Å². The van der Waals surface area contributed by atoms with Crippen LogP contribution in [-0.4, -0.2) is 74.2 Å². The van der Waals surface area contributed by atoms with E-state index in [1.54, 1.807) is 62.5 Å². The number of carbonyl (C=O) groups excluding carboxylic acids is 4. The molecular formula is C25H30ClN3O6. The molecule has 0 saturated carbocycles. The van der Waals surface area contributed by atoms with E-state index in [2.05, 4.69) is 5.32 Å². The molecule has 0 bridgehead atoms. The van der Waals surface area contributed by atoms with Crippen molar-refractivity contribution in [3.05, 3.63) is 53.1 Å². The van der Waals surface area contributed by atoms with Crippen molar-refractivity contribution in [2.45, 2.75) is 19.8 Å². The predicted octanol–water partition coefficient (Wildman–Crippen LogP) is 2.81. The second kappa shape index (κ2) is 12.3. The zero-order valence-corrected chi connectivity index (χ0v) is 21.1. The highest BCUT2D eigenvalue weighted by Gasteiger charge is 2.37. The summed E-state index contributed by atoms with van der Waals surface area (Å²) in [5.74, 6) is -0.268. The maximum absolute atomic E-state index is 13.0. The molecule has 9 nitrogen and oxygen atoms in total. The van der Waals surface area contributed by atoms with E-state index in [4.69, 9.17) is 9.47 Å². The van der Waals surface area contributed by atoms with Gasteiger partial charge in [-0.15, -0.1) is 12.4 Å². The van der Waals surface area contributed by atoms with Gasteiger partial charge in [-0.05, 0) is 50.8 Å². The van der Waals surface area contributed by atoms with E-state index in [0.717, 1.165) is 10.5 Å². The van der Waals surface area contributed by atoms with E-state index < -0.39 is 11.8 Å². The highest BCUT2D eigenvalue weighted by atomic mass is 35.5. The Balaban J connectivity index is 0.00000432. The Kier molecular flexibility index (Phi) is 9.79. The SMILES string of the molecule is CCOc1cc(CC(=O)CCN2C(=O)c3cccc(NC(=O)CN(C)C)c3C2=O)ccc1OC.Cl. The summed E-state index contributed by atoms with van der Waals surface area (Å²) < 4.78 is 10.8. The molecule has 0 fully saturated rings. The number of amides is 3. The lowest BCUT2D eigenvalue weighted by molar-refractivity contribution is -0.118. The summed E-state index contributed by atoms with van der Waals surface area (Å²) in [5, 5.41) is 2.70. The van der Waals surface area contributed by atoms with E-state index >= 15 is 0 Å². The molecule has 1 N–H and O–H groups in total. The summed E-state index contributed by atoms with van der Waals surface area (Å²) in [6, 6.07) is 10.0. The maximum atomic E-state index is 13.0. The van der Waals surface area contributed by atoms with Crippen LogP contribution in [0.25, 0.3) is 0 Å². The molecule has 2 aromatic rings. The molecule has 0 saturated heterocycles. The number of anilines is 1. The third-order valence-corrected chi connectivity index (χ3v) is 5.28. The van der Waals surface area contributed by atoms with Crippen molar-refractivity contribution < 1.29 is 28.7 Å². The molecule has 188 valence electrons. The number of nitrogens with zero attached hydrogens (tertiary/aromatic N) is 2. The van der Waals surface area contributed by atoms with Crippen LogP contribution in [0.15, 0.2) is 36.4 Å². The number of imide groups is 1. The second-order valence-corrected chi connectivity index (χ2v) is 8.16. The van der Waals surface area contributed by atoms with Crippen molar-refractivity contribution in [2.24, 2.45) is 0 Å². The van der Waals surface area contributed by atoms with Gasteiger partial charge in [-0.1, -0.05) is 12.1 Å². The average molecular weight is 504 g/mol. The fraction of sp³-hybridized carbons (Fsp3) is 0.360. The second-order valence-electron chi connectivity index (χ2n) is 8.16. The third-order valence-electron chi connectivity index (χ3n) is 5.28. The quantitative estimate of drug-likeness (QED) is 0.470. The van der Waals surface area contributed by atoms with Crippen LogP contribution >= 0.6 is 12.4 Å². The Morgan fingerprint density at radius 2 is 1.80 bits per heavy atom. The first-order valence-electron chi connectivity index (χ1n) is 11.0. The monoisotopic (exact) mass is 503 g/mol. The van der Waals surface area contributed by atoms with Crippen LogP contribution in [0.3, 0.4) is 0 Å². The number of carbonyl (C=O) groups is 4. The Bertz CT molecular complexity index is 1120. The number of hydrogen-bond donors (Lipinski definition) is 1. The standard InChI is InChI=1S/C25H29N3O6.ClH/c1-5-34-21-14-16(9-10-20(21)33-4)13-17(29)11-12-28-24(31)18-7-6-8-19(23(18)25(28)32)26-22(30)15-27(2)3;/h6-10,14H,5,11-13,15H2,1-4H3,(H,26,30);1H. The highest BCUT2D eigenvalue weighted by molar-refractivity contribution is 6.24. The van der Waals surface area contributed by atoms with Crippen molar-refractivity contribution in [2.75, 3.05) is 46.2 Å². The van der Waals surface area contributed by atoms with Gasteiger partial charge in [0.2, 0.25) is 5.91 Å². The number of rotatable bonds is 11. The van der Waals surface area contributed by atoms with Gasteiger partial charge in [-0.3, -0.25) is 24.1 Å². The van der Waals surface area contributed by atoms with Gasteiger partial charge in [-0.25, -0.2) is 0 Å². The normalized spacial score (nSPS) is 12.3. The van der Waals surface area contributed by atoms with E-state index in [0.29, 0.717) is 23.8 Å². The maximum Gasteiger partial charge on any atom is 0.263 e. The first-order chi connectivity index (χ1) is 16.2. The molecular weight excluding hydrogens is 474 g/mol. The summed E-state index contributed by atoms with van der Waals surface area (Å²) >= 11 is 0. The lowest BCUT2D eigenvalue weighted by atomic mass is 10.1. The van der Waals surface area contributed by atoms with E-state index in [9.17, 15) is 19.2 Å². The summed E-state index contributed by atoms with van der Waals surface area (Å²) in [5.41, 5.74) is 1.42. The highest BCUT2D eigenvalue weighted by Crippen LogP contribution is 2.30. The van der Waals surface area contributed by atoms with Crippen molar-refractivity contribution in [1.82, 2.24) is 9.80 Å². The fourth-order valence-corrected chi connectivity index (χ4v) is 3.77. The number of methoxy groups -OCH3 is 1. The number of likely N-dealkylation sites (N-methyl/N-ethyl adjacent to an activating group) is 1. The van der Waals surface area contributed by atoms with Gasteiger partial charge in [0.15, 0.2) is 11.5 Å². The number of ketones is 1. The van der Waals surface area contributed by atoms with Crippen LogP contribution in [-0.2, 0) is 16.0 Å². The zero-order chi connectivity index (χ0) is 24.8. The lowest BCUT2D eigenvalue weighted by Crippen LogP contribution is -2.32. The average Bonchev–Trinajstić information content (AvgIpc) is 3.02. The number of fused-ring (bicyclic) bond motifs is 1. The molecule has 35 heavy (non-hydrogen) atoms. The summed E-state index contributed by atoms with van der Waals surface area (Å²) in [6.45, 7) is 2.43. The van der Waals surface area contributed by atoms with Crippen LogP contribution in [0.4, 0.5) is 5.69 Å². The molecule has 0 radical (unpaired) electrons. The van der Waals surface area contributed by atoms with Crippen molar-refractivity contribution in [3.8, 4) is 11.5 Å². The number of nitrogens with one attached hydrogen (secondary N) is 1. The minimum atomic E-state index is -0.517. The Morgan fingerprint density at radius 1 is 1.06 bits per heavy atom. The summed E-state index contributed by atoms with van der Waals surface area (Å²) in [4.78, 5) is 53.3. The minimum absolute atomic E-state index is 0. The van der Waals surface area contributed by atoms with Crippen LogP contribution in [0, 0.1) is 0 Å². The topological polar surface area (TPSA) is 105 Å². The van der Waals surface area contributed by atoms with Gasteiger partial charge < -0.3 is 19.7 Å². The third kappa shape index (κ3) is 6.58. The van der Waals surface area contributed by atoms with E-state index in [-0.39, 0.29) is 61.2 Å². The number of hydrogen-bond acceptors (Lipinski definition) is 7. The van der Waals surface area contributed by atoms with Crippen LogP contribution in [0.2, 0.25) is 0 Å². The molecule has 1 aliphatic heterocycles. The number of halogens is 1. The fourth-order valence-electron chi connectivity index (χ4n) is 3.77. The molecule has 2 aromatic carbocycles. The van der Waals surface area contributed by atoms with E-state index in [1.165, 1.54) is 0 Å². The molecule has 3 amide bonds. The molecule has 0 spiro atoms. The van der Waals surface area contributed by atoms with Gasteiger partial charge in [0.05, 0.1) is 37.1 Å². The minimum Gasteiger partial charge on any atom is -0.493 e. The first-order valence-corrected chi connectivity index (χ1v) is 11.0. The molecule has 1 heterocycles. The Morgan fingerprint density at radius 3 is 2.46 bits per heavy atom. The summed E-state index contributed by atoms with van der Waals surface area (Å²) in [7, 11) is 5.06. The van der Waals surface area contributed by atoms with Crippen LogP contribution in [0.1, 0.15) is 39.6 Å². The Labute approximate surface area is 210 Å². The molecule has 0 atom stereocenters. The predicted molar refractivity (Wildman–Crippen MR) is 134 cm³/mol.